The molecule has 0 aromatic rings. The molecule has 1 aliphatic carbocycles. The third-order valence-electron chi connectivity index (χ3n) is 5.18. The van der Waals surface area contributed by atoms with Crippen LogP contribution in [0.2, 0.25) is 0 Å². The molecule has 1 aliphatic rings. The smallest absolute Gasteiger partial charge is 0.303 e. The largest absolute Gasteiger partial charge is 0.458 e. The summed E-state index contributed by atoms with van der Waals surface area (Å²) in [5, 5.41) is 30.5. The van der Waals surface area contributed by atoms with Gasteiger partial charge in [0.15, 0.2) is 5.78 Å². The lowest BCUT2D eigenvalue weighted by Gasteiger charge is -2.19. The molecule has 160 valence electrons. The lowest BCUT2D eigenvalue weighted by atomic mass is 9.89. The highest BCUT2D eigenvalue weighted by molar-refractivity contribution is 5.81. The van der Waals surface area contributed by atoms with E-state index in [1.807, 2.05) is 18.2 Å². The molecule has 28 heavy (non-hydrogen) atoms. The number of ketones is 1. The van der Waals surface area contributed by atoms with Crippen molar-refractivity contribution >= 4 is 11.8 Å². The van der Waals surface area contributed by atoms with Gasteiger partial charge in [-0.25, -0.2) is 0 Å². The van der Waals surface area contributed by atoms with Gasteiger partial charge in [-0.3, -0.25) is 9.59 Å². The molecular weight excluding hydrogens is 360 g/mol. The Balaban J connectivity index is 2.44. The van der Waals surface area contributed by atoms with Crippen molar-refractivity contribution in [1.29, 1.82) is 0 Å². The fraction of sp³-hybridized carbons (Fsp3) is 0.727. The first-order chi connectivity index (χ1) is 13.3. The van der Waals surface area contributed by atoms with Crippen LogP contribution in [0.1, 0.15) is 65.2 Å². The Kier molecular flexibility index (Phi) is 12.0. The van der Waals surface area contributed by atoms with E-state index in [2.05, 4.69) is 11.7 Å². The van der Waals surface area contributed by atoms with Gasteiger partial charge in [-0.15, -0.1) is 0 Å². The standard InChI is InChI=1S/C22H36O6/c1-3-4-6-9-17(24)12-13-20-19(21(26)14-22(20)27)11-8-5-7-10-18(25)15-28-16(2)23/h5,8,12-13,17,19-22,24,26-27H,3-4,6-7,9-11,14-15H2,1-2H3/b8-5+,13-12+. The van der Waals surface area contributed by atoms with Crippen LogP contribution < -0.4 is 0 Å². The van der Waals surface area contributed by atoms with Crippen molar-refractivity contribution in [3.63, 3.8) is 0 Å². The van der Waals surface area contributed by atoms with Crippen molar-refractivity contribution in [2.45, 2.75) is 83.5 Å². The molecule has 0 aliphatic heterocycles. The Hall–Kier alpha value is -1.50. The van der Waals surface area contributed by atoms with Crippen molar-refractivity contribution in [3.05, 3.63) is 24.3 Å². The highest BCUT2D eigenvalue weighted by Crippen LogP contribution is 2.36. The van der Waals surface area contributed by atoms with Crippen LogP contribution in [0.5, 0.6) is 0 Å². The fourth-order valence-corrected chi connectivity index (χ4v) is 3.53. The zero-order chi connectivity index (χ0) is 20.9. The summed E-state index contributed by atoms with van der Waals surface area (Å²) in [6, 6.07) is 0. The van der Waals surface area contributed by atoms with Crippen LogP contribution in [0.3, 0.4) is 0 Å². The van der Waals surface area contributed by atoms with Gasteiger partial charge in [0.1, 0.15) is 6.61 Å². The third kappa shape index (κ3) is 9.62. The molecule has 1 rings (SSSR count). The molecule has 5 unspecified atom stereocenters. The summed E-state index contributed by atoms with van der Waals surface area (Å²) in [6.45, 7) is 3.19. The number of carbonyl (C=O) groups excluding carboxylic acids is 2. The molecular formula is C22H36O6. The second-order valence-electron chi connectivity index (χ2n) is 7.62. The maximum absolute atomic E-state index is 11.5. The quantitative estimate of drug-likeness (QED) is 0.251. The SMILES string of the molecule is CCCCCC(O)/C=C/C1C(O)CC(O)C1C/C=C/CCC(=O)COC(C)=O. The topological polar surface area (TPSA) is 104 Å². The molecule has 1 saturated carbocycles. The monoisotopic (exact) mass is 396 g/mol. The van der Waals surface area contributed by atoms with Crippen LogP contribution in [-0.2, 0) is 14.3 Å². The molecule has 3 N–H and O–H groups in total. The van der Waals surface area contributed by atoms with Gasteiger partial charge < -0.3 is 20.1 Å². The lowest BCUT2D eigenvalue weighted by molar-refractivity contribution is -0.145. The van der Waals surface area contributed by atoms with Gasteiger partial charge in [-0.2, -0.15) is 0 Å². The predicted octanol–water partition coefficient (Wildman–Crippen LogP) is 2.70. The predicted molar refractivity (Wildman–Crippen MR) is 108 cm³/mol. The summed E-state index contributed by atoms with van der Waals surface area (Å²) in [6.07, 6.45) is 11.3. The molecule has 0 spiro atoms. The Bertz CT molecular complexity index is 527. The maximum Gasteiger partial charge on any atom is 0.303 e. The molecule has 5 atom stereocenters. The van der Waals surface area contributed by atoms with E-state index in [0.717, 1.165) is 19.3 Å². The Morgan fingerprint density at radius 1 is 1.18 bits per heavy atom. The molecule has 0 radical (unpaired) electrons. The van der Waals surface area contributed by atoms with Crippen molar-refractivity contribution < 1.29 is 29.6 Å². The van der Waals surface area contributed by atoms with Gasteiger partial charge in [0.25, 0.3) is 0 Å². The highest BCUT2D eigenvalue weighted by atomic mass is 16.5. The van der Waals surface area contributed by atoms with E-state index < -0.39 is 24.3 Å². The number of ether oxygens (including phenoxy) is 1. The number of Topliss-reactive ketones (excluding diaryl/α,β-unsaturated/α-hetero) is 1. The second kappa shape index (κ2) is 13.6. The Morgan fingerprint density at radius 3 is 2.61 bits per heavy atom. The summed E-state index contributed by atoms with van der Waals surface area (Å²) >= 11 is 0. The van der Waals surface area contributed by atoms with Crippen LogP contribution in [0.15, 0.2) is 24.3 Å². The Labute approximate surface area is 168 Å². The van der Waals surface area contributed by atoms with Gasteiger partial charge >= 0.3 is 5.97 Å². The third-order valence-corrected chi connectivity index (χ3v) is 5.18. The summed E-state index contributed by atoms with van der Waals surface area (Å²) in [5.74, 6) is -0.894. The first-order valence-electron chi connectivity index (χ1n) is 10.4. The molecule has 0 amide bonds. The van der Waals surface area contributed by atoms with Gasteiger partial charge in [0.2, 0.25) is 0 Å². The summed E-state index contributed by atoms with van der Waals surface area (Å²) in [4.78, 5) is 22.2. The number of carbonyl (C=O) groups is 2. The molecule has 0 aromatic heterocycles. The van der Waals surface area contributed by atoms with Crippen molar-refractivity contribution in [2.24, 2.45) is 11.8 Å². The zero-order valence-electron chi connectivity index (χ0n) is 17.1. The number of aliphatic hydroxyl groups is 3. The van der Waals surface area contributed by atoms with Crippen molar-refractivity contribution in [2.75, 3.05) is 6.61 Å². The molecule has 6 nitrogen and oxygen atoms in total. The molecule has 1 fully saturated rings. The number of esters is 1. The summed E-state index contributed by atoms with van der Waals surface area (Å²) in [7, 11) is 0. The molecule has 0 aromatic carbocycles. The average molecular weight is 397 g/mol. The number of aliphatic hydroxyl groups excluding tert-OH is 3. The van der Waals surface area contributed by atoms with Crippen LogP contribution in [0.4, 0.5) is 0 Å². The van der Waals surface area contributed by atoms with Crippen molar-refractivity contribution in [1.82, 2.24) is 0 Å². The maximum atomic E-state index is 11.5. The molecule has 0 saturated heterocycles. The van der Waals surface area contributed by atoms with E-state index in [1.165, 1.54) is 6.92 Å². The molecule has 0 heterocycles. The first kappa shape index (κ1) is 24.5. The van der Waals surface area contributed by atoms with E-state index >= 15 is 0 Å². The van der Waals surface area contributed by atoms with Gasteiger partial charge in [-0.05, 0) is 25.2 Å². The fourth-order valence-electron chi connectivity index (χ4n) is 3.53. The highest BCUT2D eigenvalue weighted by Gasteiger charge is 2.39. The van der Waals surface area contributed by atoms with Gasteiger partial charge in [-0.1, -0.05) is 50.5 Å². The minimum absolute atomic E-state index is 0.109. The normalized spacial score (nSPS) is 26.2. The summed E-state index contributed by atoms with van der Waals surface area (Å²) < 4.78 is 4.66. The molecule has 0 bridgehead atoms. The van der Waals surface area contributed by atoms with Crippen LogP contribution in [0, 0.1) is 11.8 Å². The van der Waals surface area contributed by atoms with Gasteiger partial charge in [0, 0.05) is 25.7 Å². The van der Waals surface area contributed by atoms with E-state index in [0.29, 0.717) is 32.1 Å². The number of rotatable bonds is 13. The lowest BCUT2D eigenvalue weighted by Crippen LogP contribution is -2.20. The minimum Gasteiger partial charge on any atom is -0.458 e. The Morgan fingerprint density at radius 2 is 1.93 bits per heavy atom. The van der Waals surface area contributed by atoms with E-state index in [1.54, 1.807) is 6.08 Å². The van der Waals surface area contributed by atoms with Gasteiger partial charge in [0.05, 0.1) is 18.3 Å². The first-order valence-corrected chi connectivity index (χ1v) is 10.4. The molecule has 6 heteroatoms. The average Bonchev–Trinajstić information content (AvgIpc) is 2.91. The second-order valence-corrected chi connectivity index (χ2v) is 7.62. The van der Waals surface area contributed by atoms with E-state index in [9.17, 15) is 24.9 Å². The number of hydrogen-bond acceptors (Lipinski definition) is 6. The number of hydrogen-bond donors (Lipinski definition) is 3. The minimum atomic E-state index is -0.613. The van der Waals surface area contributed by atoms with E-state index in [4.69, 9.17) is 0 Å². The number of allylic oxidation sites excluding steroid dienone is 2. The summed E-state index contributed by atoms with van der Waals surface area (Å²) in [5.41, 5.74) is 0. The number of unbranched alkanes of at least 4 members (excludes halogenated alkanes) is 2. The van der Waals surface area contributed by atoms with Crippen molar-refractivity contribution in [3.8, 4) is 0 Å². The van der Waals surface area contributed by atoms with Crippen LogP contribution in [-0.4, -0.2) is 52.0 Å². The van der Waals surface area contributed by atoms with E-state index in [-0.39, 0.29) is 24.2 Å². The zero-order valence-corrected chi connectivity index (χ0v) is 17.1. The van der Waals surface area contributed by atoms with Crippen LogP contribution >= 0.6 is 0 Å². The van der Waals surface area contributed by atoms with Crippen LogP contribution in [0.25, 0.3) is 0 Å².